The summed E-state index contributed by atoms with van der Waals surface area (Å²) in [7, 11) is 1.40. The number of rotatable bonds is 5. The number of nitrogens with one attached hydrogen (secondary N) is 1. The largest absolute Gasteiger partial charge is 0.495 e. The molecule has 2 aromatic carbocycles. The van der Waals surface area contributed by atoms with Crippen LogP contribution in [0.25, 0.3) is 0 Å². The van der Waals surface area contributed by atoms with Crippen molar-refractivity contribution in [2.45, 2.75) is 19.2 Å². The van der Waals surface area contributed by atoms with Crippen molar-refractivity contribution in [2.24, 2.45) is 0 Å². The molecular formula is C18H15ClF3NO4. The van der Waals surface area contributed by atoms with Crippen molar-refractivity contribution in [3.63, 3.8) is 0 Å². The quantitative estimate of drug-likeness (QED) is 0.746. The zero-order valence-electron chi connectivity index (χ0n) is 14.3. The van der Waals surface area contributed by atoms with E-state index in [1.165, 1.54) is 32.2 Å². The van der Waals surface area contributed by atoms with Gasteiger partial charge >= 0.3 is 12.1 Å². The van der Waals surface area contributed by atoms with Gasteiger partial charge < -0.3 is 14.8 Å². The molecule has 0 aliphatic heterocycles. The smallest absolute Gasteiger partial charge is 0.416 e. The van der Waals surface area contributed by atoms with Gasteiger partial charge in [0.15, 0.2) is 6.10 Å². The maximum atomic E-state index is 12.7. The van der Waals surface area contributed by atoms with Crippen LogP contribution in [0.5, 0.6) is 5.75 Å². The summed E-state index contributed by atoms with van der Waals surface area (Å²) in [6.07, 6.45) is -5.86. The van der Waals surface area contributed by atoms with Crippen LogP contribution in [0.15, 0.2) is 42.5 Å². The van der Waals surface area contributed by atoms with Crippen molar-refractivity contribution in [3.8, 4) is 5.75 Å². The van der Waals surface area contributed by atoms with E-state index in [0.717, 1.165) is 12.1 Å². The van der Waals surface area contributed by atoms with E-state index in [1.807, 2.05) is 0 Å². The number of amides is 1. The summed E-state index contributed by atoms with van der Waals surface area (Å²) in [6.45, 7) is 1.29. The highest BCUT2D eigenvalue weighted by Gasteiger charge is 2.31. The Hall–Kier alpha value is -2.74. The molecule has 0 fully saturated rings. The molecule has 0 aliphatic carbocycles. The minimum Gasteiger partial charge on any atom is -0.495 e. The summed E-state index contributed by atoms with van der Waals surface area (Å²) in [5.74, 6) is -1.41. The Kier molecular flexibility index (Phi) is 6.32. The molecule has 144 valence electrons. The third-order valence-corrected chi connectivity index (χ3v) is 3.73. The number of anilines is 1. The number of alkyl halides is 3. The summed E-state index contributed by atoms with van der Waals surface area (Å²) in [5, 5.41) is 2.84. The molecule has 0 saturated carbocycles. The molecule has 1 N–H and O–H groups in total. The topological polar surface area (TPSA) is 64.6 Å². The van der Waals surface area contributed by atoms with Gasteiger partial charge in [0.25, 0.3) is 5.91 Å². The molecule has 0 bridgehead atoms. The molecule has 0 spiro atoms. The molecule has 0 aromatic heterocycles. The normalized spacial score (nSPS) is 12.2. The maximum Gasteiger partial charge on any atom is 0.416 e. The van der Waals surface area contributed by atoms with Gasteiger partial charge in [-0.2, -0.15) is 13.2 Å². The first kappa shape index (κ1) is 20.6. The van der Waals surface area contributed by atoms with E-state index in [4.69, 9.17) is 21.1 Å². The fourth-order valence-electron chi connectivity index (χ4n) is 2.12. The van der Waals surface area contributed by atoms with Crippen molar-refractivity contribution in [2.75, 3.05) is 12.4 Å². The van der Waals surface area contributed by atoms with Gasteiger partial charge in [0.1, 0.15) is 5.75 Å². The Labute approximate surface area is 158 Å². The Bertz CT molecular complexity index is 855. The number of esters is 1. The van der Waals surface area contributed by atoms with E-state index >= 15 is 0 Å². The zero-order valence-corrected chi connectivity index (χ0v) is 15.0. The van der Waals surface area contributed by atoms with Gasteiger partial charge in [0, 0.05) is 5.02 Å². The lowest BCUT2D eigenvalue weighted by Gasteiger charge is -2.16. The standard InChI is InChI=1S/C18H15ClF3NO4/c1-10(16(24)23-14-9-13(19)6-7-15(14)26-2)27-17(25)11-4-3-5-12(8-11)18(20,21)22/h3-10H,1-2H3,(H,23,24)/t10-/m0/s1. The Balaban J connectivity index is 2.08. The summed E-state index contributed by atoms with van der Waals surface area (Å²) >= 11 is 5.87. The maximum absolute atomic E-state index is 12.7. The predicted molar refractivity (Wildman–Crippen MR) is 93.0 cm³/mol. The average Bonchev–Trinajstić information content (AvgIpc) is 2.61. The van der Waals surface area contributed by atoms with E-state index in [2.05, 4.69) is 5.32 Å². The molecule has 0 heterocycles. The van der Waals surface area contributed by atoms with Crippen molar-refractivity contribution >= 4 is 29.2 Å². The lowest BCUT2D eigenvalue weighted by Crippen LogP contribution is -2.30. The number of carbonyl (C=O) groups is 2. The van der Waals surface area contributed by atoms with Crippen molar-refractivity contribution in [1.82, 2.24) is 0 Å². The molecule has 0 saturated heterocycles. The summed E-state index contributed by atoms with van der Waals surface area (Å²) in [4.78, 5) is 24.3. The number of methoxy groups -OCH3 is 1. The van der Waals surface area contributed by atoms with Crippen LogP contribution in [-0.2, 0) is 15.7 Å². The van der Waals surface area contributed by atoms with E-state index in [1.54, 1.807) is 6.07 Å². The van der Waals surface area contributed by atoms with Crippen LogP contribution in [-0.4, -0.2) is 25.1 Å². The van der Waals surface area contributed by atoms with Crippen LogP contribution in [0.4, 0.5) is 18.9 Å². The minimum absolute atomic E-state index is 0.261. The number of ether oxygens (including phenoxy) is 2. The zero-order chi connectivity index (χ0) is 20.2. The van der Waals surface area contributed by atoms with Crippen LogP contribution < -0.4 is 10.1 Å². The second-order valence-corrected chi connectivity index (χ2v) is 5.90. The Morgan fingerprint density at radius 1 is 1.15 bits per heavy atom. The van der Waals surface area contributed by atoms with Gasteiger partial charge in [0.05, 0.1) is 23.9 Å². The van der Waals surface area contributed by atoms with E-state index in [0.29, 0.717) is 16.8 Å². The second-order valence-electron chi connectivity index (χ2n) is 5.46. The lowest BCUT2D eigenvalue weighted by atomic mass is 10.1. The highest BCUT2D eigenvalue weighted by molar-refractivity contribution is 6.31. The summed E-state index contributed by atoms with van der Waals surface area (Å²) < 4.78 is 48.2. The molecule has 5 nitrogen and oxygen atoms in total. The first-order chi connectivity index (χ1) is 12.6. The summed E-state index contributed by atoms with van der Waals surface area (Å²) in [5.41, 5.74) is -1.04. The van der Waals surface area contributed by atoms with Crippen LogP contribution >= 0.6 is 11.6 Å². The van der Waals surface area contributed by atoms with Gasteiger partial charge in [-0.15, -0.1) is 0 Å². The number of hydrogen-bond donors (Lipinski definition) is 1. The molecule has 1 amide bonds. The van der Waals surface area contributed by atoms with Crippen molar-refractivity contribution in [3.05, 3.63) is 58.6 Å². The third-order valence-electron chi connectivity index (χ3n) is 3.50. The molecule has 0 aliphatic rings. The molecule has 27 heavy (non-hydrogen) atoms. The monoisotopic (exact) mass is 401 g/mol. The Morgan fingerprint density at radius 3 is 2.48 bits per heavy atom. The highest BCUT2D eigenvalue weighted by atomic mass is 35.5. The minimum atomic E-state index is -4.59. The van der Waals surface area contributed by atoms with Crippen LogP contribution in [0.3, 0.4) is 0 Å². The fraction of sp³-hybridized carbons (Fsp3) is 0.222. The van der Waals surface area contributed by atoms with Gasteiger partial charge in [0.2, 0.25) is 0 Å². The first-order valence-corrected chi connectivity index (χ1v) is 8.02. The number of hydrogen-bond acceptors (Lipinski definition) is 4. The van der Waals surface area contributed by atoms with Gasteiger partial charge in [-0.25, -0.2) is 4.79 Å². The molecule has 2 rings (SSSR count). The van der Waals surface area contributed by atoms with E-state index in [-0.39, 0.29) is 11.3 Å². The molecule has 2 aromatic rings. The molecule has 9 heteroatoms. The van der Waals surface area contributed by atoms with Crippen molar-refractivity contribution in [1.29, 1.82) is 0 Å². The van der Waals surface area contributed by atoms with E-state index < -0.39 is 29.7 Å². The van der Waals surface area contributed by atoms with Gasteiger partial charge in [-0.1, -0.05) is 17.7 Å². The Morgan fingerprint density at radius 2 is 1.85 bits per heavy atom. The average molecular weight is 402 g/mol. The second kappa shape index (κ2) is 8.30. The highest BCUT2D eigenvalue weighted by Crippen LogP contribution is 2.30. The van der Waals surface area contributed by atoms with Crippen LogP contribution in [0.1, 0.15) is 22.8 Å². The molecule has 0 radical (unpaired) electrons. The SMILES string of the molecule is COc1ccc(Cl)cc1NC(=O)[C@H](C)OC(=O)c1cccc(C(F)(F)F)c1. The summed E-state index contributed by atoms with van der Waals surface area (Å²) in [6, 6.07) is 8.29. The first-order valence-electron chi connectivity index (χ1n) is 7.64. The van der Waals surface area contributed by atoms with Gasteiger partial charge in [-0.3, -0.25) is 4.79 Å². The van der Waals surface area contributed by atoms with E-state index in [9.17, 15) is 22.8 Å². The van der Waals surface area contributed by atoms with Crippen LogP contribution in [0, 0.1) is 0 Å². The lowest BCUT2D eigenvalue weighted by molar-refractivity contribution is -0.137. The number of benzene rings is 2. The third kappa shape index (κ3) is 5.37. The molecular weight excluding hydrogens is 387 g/mol. The molecule has 0 unspecified atom stereocenters. The number of halogens is 4. The number of carbonyl (C=O) groups excluding carboxylic acids is 2. The van der Waals surface area contributed by atoms with Gasteiger partial charge in [-0.05, 0) is 43.3 Å². The predicted octanol–water partition coefficient (Wildman–Crippen LogP) is 4.55. The fourth-order valence-corrected chi connectivity index (χ4v) is 2.29. The van der Waals surface area contributed by atoms with Crippen molar-refractivity contribution < 1.29 is 32.2 Å². The molecule has 1 atom stereocenters. The van der Waals surface area contributed by atoms with Crippen LogP contribution in [0.2, 0.25) is 5.02 Å².